The monoisotopic (exact) mass is 476 g/mol. The zero-order chi connectivity index (χ0) is 24.0. The molecule has 0 atom stereocenters. The van der Waals surface area contributed by atoms with Crippen LogP contribution < -0.4 is 10.2 Å². The third-order valence-electron chi connectivity index (χ3n) is 6.35. The zero-order valence-corrected chi connectivity index (χ0v) is 19.4. The number of amides is 2. The van der Waals surface area contributed by atoms with Crippen molar-refractivity contribution in [1.82, 2.24) is 5.32 Å². The fraction of sp³-hybridized carbons (Fsp3) is 0.185. The predicted molar refractivity (Wildman–Crippen MR) is 129 cm³/mol. The highest BCUT2D eigenvalue weighted by molar-refractivity contribution is 6.31. The summed E-state index contributed by atoms with van der Waals surface area (Å²) in [4.78, 5) is 27.7. The highest BCUT2D eigenvalue weighted by Gasteiger charge is 2.44. The van der Waals surface area contributed by atoms with Gasteiger partial charge in [0.1, 0.15) is 11.4 Å². The SMILES string of the molecule is CC1(C)C(=O)N(Cc2c(F)cccc2Cl)c2cc(C(=O)NCc3ccc4occc4c3)ccc21. The highest BCUT2D eigenvalue weighted by atomic mass is 35.5. The smallest absolute Gasteiger partial charge is 0.251 e. The Hall–Kier alpha value is -3.64. The van der Waals surface area contributed by atoms with Gasteiger partial charge in [0.05, 0.1) is 18.2 Å². The molecule has 0 bridgehead atoms. The molecule has 0 saturated carbocycles. The zero-order valence-electron chi connectivity index (χ0n) is 18.7. The molecule has 0 aliphatic carbocycles. The van der Waals surface area contributed by atoms with E-state index < -0.39 is 11.2 Å². The second kappa shape index (κ2) is 8.29. The van der Waals surface area contributed by atoms with Gasteiger partial charge in [-0.25, -0.2) is 4.39 Å². The number of benzene rings is 3. The lowest BCUT2D eigenvalue weighted by molar-refractivity contribution is -0.122. The van der Waals surface area contributed by atoms with E-state index in [1.165, 1.54) is 17.0 Å². The summed E-state index contributed by atoms with van der Waals surface area (Å²) in [7, 11) is 0. The number of hydrogen-bond donors (Lipinski definition) is 1. The third-order valence-corrected chi connectivity index (χ3v) is 6.71. The van der Waals surface area contributed by atoms with E-state index in [1.54, 1.807) is 30.5 Å². The number of halogens is 2. The molecule has 5 nitrogen and oxygen atoms in total. The first kappa shape index (κ1) is 22.2. The number of nitrogens with zero attached hydrogens (tertiary/aromatic N) is 1. The Morgan fingerprint density at radius 1 is 1.12 bits per heavy atom. The molecule has 1 aliphatic heterocycles. The van der Waals surface area contributed by atoms with Crippen LogP contribution in [0.15, 0.2) is 71.3 Å². The van der Waals surface area contributed by atoms with Gasteiger partial charge in [0, 0.05) is 33.8 Å². The summed E-state index contributed by atoms with van der Waals surface area (Å²) in [5.41, 5.74) is 2.95. The van der Waals surface area contributed by atoms with Crippen molar-refractivity contribution in [2.75, 3.05) is 4.90 Å². The first-order valence-corrected chi connectivity index (χ1v) is 11.3. The van der Waals surface area contributed by atoms with Crippen LogP contribution in [0.4, 0.5) is 10.1 Å². The van der Waals surface area contributed by atoms with Crippen LogP contribution in [0.3, 0.4) is 0 Å². The second-order valence-corrected chi connectivity index (χ2v) is 9.33. The molecule has 1 N–H and O–H groups in total. The largest absolute Gasteiger partial charge is 0.464 e. The van der Waals surface area contributed by atoms with Crippen LogP contribution in [0, 0.1) is 5.82 Å². The highest BCUT2D eigenvalue weighted by Crippen LogP contribution is 2.43. The molecule has 0 radical (unpaired) electrons. The first-order chi connectivity index (χ1) is 16.3. The van der Waals surface area contributed by atoms with E-state index in [4.69, 9.17) is 16.0 Å². The van der Waals surface area contributed by atoms with E-state index in [1.807, 2.05) is 38.1 Å². The molecule has 7 heteroatoms. The van der Waals surface area contributed by atoms with Gasteiger partial charge >= 0.3 is 0 Å². The van der Waals surface area contributed by atoms with E-state index >= 15 is 0 Å². The molecule has 1 aliphatic rings. The second-order valence-electron chi connectivity index (χ2n) is 8.92. The summed E-state index contributed by atoms with van der Waals surface area (Å²) in [5, 5.41) is 4.14. The van der Waals surface area contributed by atoms with E-state index in [2.05, 4.69) is 5.32 Å². The number of carbonyl (C=O) groups excluding carboxylic acids is 2. The Balaban J connectivity index is 1.41. The summed E-state index contributed by atoms with van der Waals surface area (Å²) in [6.45, 7) is 3.97. The van der Waals surface area contributed by atoms with E-state index in [0.29, 0.717) is 17.8 Å². The molecule has 1 aromatic heterocycles. The number of anilines is 1. The van der Waals surface area contributed by atoms with Gasteiger partial charge in [0.15, 0.2) is 0 Å². The van der Waals surface area contributed by atoms with Crippen molar-refractivity contribution in [1.29, 1.82) is 0 Å². The van der Waals surface area contributed by atoms with Crippen LogP contribution in [0.25, 0.3) is 11.0 Å². The summed E-state index contributed by atoms with van der Waals surface area (Å²) in [6, 6.07) is 17.2. The minimum atomic E-state index is -0.803. The number of hydrogen-bond acceptors (Lipinski definition) is 3. The lowest BCUT2D eigenvalue weighted by Gasteiger charge is -2.21. The molecule has 0 spiro atoms. The van der Waals surface area contributed by atoms with Crippen molar-refractivity contribution in [3.8, 4) is 0 Å². The fourth-order valence-electron chi connectivity index (χ4n) is 4.40. The standard InChI is InChI=1S/C27H22ClFN2O3/c1-27(2)20-8-7-18(25(32)30-14-16-6-9-24-17(12-16)10-11-34-24)13-23(20)31(26(27)33)15-19-21(28)4-3-5-22(19)29/h3-13H,14-15H2,1-2H3,(H,30,32). The van der Waals surface area contributed by atoms with Crippen LogP contribution in [-0.4, -0.2) is 11.8 Å². The molecule has 0 fully saturated rings. The van der Waals surface area contributed by atoms with Crippen molar-refractivity contribution in [3.63, 3.8) is 0 Å². The van der Waals surface area contributed by atoms with Gasteiger partial charge in [-0.05, 0) is 67.4 Å². The first-order valence-electron chi connectivity index (χ1n) is 10.9. The van der Waals surface area contributed by atoms with Crippen molar-refractivity contribution in [2.24, 2.45) is 0 Å². The molecular weight excluding hydrogens is 455 g/mol. The van der Waals surface area contributed by atoms with Gasteiger partial charge < -0.3 is 14.6 Å². The average molecular weight is 477 g/mol. The Morgan fingerprint density at radius 2 is 1.94 bits per heavy atom. The van der Waals surface area contributed by atoms with Gasteiger partial charge in [-0.3, -0.25) is 9.59 Å². The predicted octanol–water partition coefficient (Wildman–Crippen LogP) is 5.98. The van der Waals surface area contributed by atoms with Crippen LogP contribution in [0.5, 0.6) is 0 Å². The summed E-state index contributed by atoms with van der Waals surface area (Å²) < 4.78 is 19.8. The maximum absolute atomic E-state index is 14.5. The lowest BCUT2D eigenvalue weighted by atomic mass is 9.86. The maximum atomic E-state index is 14.5. The van der Waals surface area contributed by atoms with Gasteiger partial charge in [-0.2, -0.15) is 0 Å². The Morgan fingerprint density at radius 3 is 2.74 bits per heavy atom. The number of rotatable bonds is 5. The molecule has 5 rings (SSSR count). The van der Waals surface area contributed by atoms with Crippen LogP contribution in [0.2, 0.25) is 5.02 Å². The molecule has 172 valence electrons. The van der Waals surface area contributed by atoms with Gasteiger partial charge in [0.2, 0.25) is 5.91 Å². The van der Waals surface area contributed by atoms with Crippen LogP contribution >= 0.6 is 11.6 Å². The molecule has 4 aromatic rings. The van der Waals surface area contributed by atoms with Crippen molar-refractivity contribution in [2.45, 2.75) is 32.4 Å². The van der Waals surface area contributed by atoms with Crippen molar-refractivity contribution in [3.05, 3.63) is 100 Å². The minimum Gasteiger partial charge on any atom is -0.464 e. The molecular formula is C27H22ClFN2O3. The number of furan rings is 1. The van der Waals surface area contributed by atoms with E-state index in [0.717, 1.165) is 22.1 Å². The minimum absolute atomic E-state index is 0.0173. The maximum Gasteiger partial charge on any atom is 0.251 e. The Labute approximate surface area is 201 Å². The molecule has 0 unspecified atom stereocenters. The number of nitrogens with one attached hydrogen (secondary N) is 1. The average Bonchev–Trinajstić information content (AvgIpc) is 3.36. The third kappa shape index (κ3) is 3.74. The molecule has 3 aromatic carbocycles. The van der Waals surface area contributed by atoms with Crippen LogP contribution in [-0.2, 0) is 23.3 Å². The van der Waals surface area contributed by atoms with Gasteiger partial charge in [-0.1, -0.05) is 29.8 Å². The molecule has 0 saturated heterocycles. The van der Waals surface area contributed by atoms with Crippen molar-refractivity contribution >= 4 is 40.1 Å². The molecule has 2 heterocycles. The van der Waals surface area contributed by atoms with E-state index in [-0.39, 0.29) is 28.9 Å². The number of fused-ring (bicyclic) bond motifs is 2. The summed E-state index contributed by atoms with van der Waals surface area (Å²) in [5.74, 6) is -0.918. The Bertz CT molecular complexity index is 1420. The van der Waals surface area contributed by atoms with Gasteiger partial charge in [-0.15, -0.1) is 0 Å². The van der Waals surface area contributed by atoms with E-state index in [9.17, 15) is 14.0 Å². The summed E-state index contributed by atoms with van der Waals surface area (Å²) in [6.07, 6.45) is 1.63. The molecule has 2 amide bonds. The Kier molecular flexibility index (Phi) is 5.41. The van der Waals surface area contributed by atoms with Crippen molar-refractivity contribution < 1.29 is 18.4 Å². The lowest BCUT2D eigenvalue weighted by Crippen LogP contribution is -2.36. The fourth-order valence-corrected chi connectivity index (χ4v) is 4.62. The van der Waals surface area contributed by atoms with Crippen LogP contribution in [0.1, 0.15) is 40.9 Å². The molecule has 34 heavy (non-hydrogen) atoms. The summed E-state index contributed by atoms with van der Waals surface area (Å²) >= 11 is 6.22. The number of carbonyl (C=O) groups is 2. The normalized spacial score (nSPS) is 14.5. The quantitative estimate of drug-likeness (QED) is 0.385. The topological polar surface area (TPSA) is 62.6 Å². The van der Waals surface area contributed by atoms with Gasteiger partial charge in [0.25, 0.3) is 5.91 Å².